The number of methoxy groups -OCH3 is 1. The van der Waals surface area contributed by atoms with Gasteiger partial charge in [-0.2, -0.15) is 0 Å². The maximum Gasteiger partial charge on any atom is 0.280 e. The molecule has 0 aliphatic rings. The minimum Gasteiger partial charge on any atom is -0.481 e. The lowest BCUT2D eigenvalue weighted by atomic mass is 10.1. The molecule has 0 saturated heterocycles. The van der Waals surface area contributed by atoms with Crippen molar-refractivity contribution >= 4 is 15.9 Å². The van der Waals surface area contributed by atoms with Crippen LogP contribution in [0.4, 0.5) is 8.78 Å². The number of aryl methyl sites for hydroxylation is 1. The van der Waals surface area contributed by atoms with E-state index in [9.17, 15) is 8.78 Å². The van der Waals surface area contributed by atoms with Crippen LogP contribution in [0.1, 0.15) is 23.2 Å². The Labute approximate surface area is 89.4 Å². The highest BCUT2D eigenvalue weighted by atomic mass is 79.9. The minimum absolute atomic E-state index is 0.218. The zero-order valence-corrected chi connectivity index (χ0v) is 9.44. The molecule has 14 heavy (non-hydrogen) atoms. The zero-order valence-electron chi connectivity index (χ0n) is 7.85. The van der Waals surface area contributed by atoms with E-state index in [1.54, 1.807) is 13.0 Å². The van der Waals surface area contributed by atoms with E-state index in [0.29, 0.717) is 10.9 Å². The predicted molar refractivity (Wildman–Crippen MR) is 53.1 cm³/mol. The van der Waals surface area contributed by atoms with E-state index in [0.717, 1.165) is 5.56 Å². The molecule has 0 fully saturated rings. The molecule has 1 rings (SSSR count). The van der Waals surface area contributed by atoms with Crippen LogP contribution in [0.15, 0.2) is 6.07 Å². The highest BCUT2D eigenvalue weighted by molar-refractivity contribution is 9.08. The zero-order chi connectivity index (χ0) is 10.7. The lowest BCUT2D eigenvalue weighted by molar-refractivity contribution is 0.144. The fourth-order valence-electron chi connectivity index (χ4n) is 1.17. The van der Waals surface area contributed by atoms with Gasteiger partial charge in [0.2, 0.25) is 5.88 Å². The average Bonchev–Trinajstić information content (AvgIpc) is 2.16. The smallest absolute Gasteiger partial charge is 0.280 e. The molecule has 1 aromatic heterocycles. The molecule has 0 atom stereocenters. The van der Waals surface area contributed by atoms with Crippen molar-refractivity contribution in [3.8, 4) is 5.88 Å². The lowest BCUT2D eigenvalue weighted by Gasteiger charge is -2.10. The maximum atomic E-state index is 12.5. The average molecular weight is 266 g/mol. The van der Waals surface area contributed by atoms with Gasteiger partial charge in [0.1, 0.15) is 5.69 Å². The third-order valence-electron chi connectivity index (χ3n) is 1.82. The summed E-state index contributed by atoms with van der Waals surface area (Å²) in [5.41, 5.74) is 1.04. The van der Waals surface area contributed by atoms with Gasteiger partial charge in [0.05, 0.1) is 7.11 Å². The van der Waals surface area contributed by atoms with Gasteiger partial charge in [-0.15, -0.1) is 0 Å². The Bertz CT molecular complexity index is 331. The molecule has 0 amide bonds. The minimum atomic E-state index is -2.57. The van der Waals surface area contributed by atoms with E-state index >= 15 is 0 Å². The number of aromatic nitrogens is 1. The summed E-state index contributed by atoms with van der Waals surface area (Å²) in [6, 6.07) is 1.65. The van der Waals surface area contributed by atoms with Gasteiger partial charge in [-0.3, -0.25) is 0 Å². The Balaban J connectivity index is 3.25. The Hall–Kier alpha value is -0.710. The predicted octanol–water partition coefficient (Wildman–Crippen LogP) is 3.23. The highest BCUT2D eigenvalue weighted by Crippen LogP contribution is 2.27. The van der Waals surface area contributed by atoms with Crippen molar-refractivity contribution < 1.29 is 13.5 Å². The van der Waals surface area contributed by atoms with Crippen LogP contribution in [0.25, 0.3) is 0 Å². The summed E-state index contributed by atoms with van der Waals surface area (Å²) in [5.74, 6) is 0.255. The first-order valence-electron chi connectivity index (χ1n) is 3.98. The van der Waals surface area contributed by atoms with Crippen molar-refractivity contribution in [2.75, 3.05) is 7.11 Å². The maximum absolute atomic E-state index is 12.5. The third-order valence-corrected chi connectivity index (χ3v) is 2.43. The van der Waals surface area contributed by atoms with Crippen LogP contribution >= 0.6 is 15.9 Å². The first kappa shape index (κ1) is 11.4. The molecule has 78 valence electrons. The molecular weight excluding hydrogens is 256 g/mol. The molecular formula is C9H10BrF2NO. The molecule has 0 aromatic carbocycles. The Kier molecular flexibility index (Phi) is 3.80. The van der Waals surface area contributed by atoms with Crippen molar-refractivity contribution in [1.29, 1.82) is 0 Å². The summed E-state index contributed by atoms with van der Waals surface area (Å²) >= 11 is 3.14. The molecule has 0 N–H and O–H groups in total. The first-order valence-corrected chi connectivity index (χ1v) is 5.10. The largest absolute Gasteiger partial charge is 0.481 e. The van der Waals surface area contributed by atoms with Gasteiger partial charge in [0, 0.05) is 10.9 Å². The monoisotopic (exact) mass is 265 g/mol. The van der Waals surface area contributed by atoms with Gasteiger partial charge in [0.25, 0.3) is 6.43 Å². The summed E-state index contributed by atoms with van der Waals surface area (Å²) in [7, 11) is 1.42. The molecule has 1 heterocycles. The van der Waals surface area contributed by atoms with E-state index in [2.05, 4.69) is 20.9 Å². The van der Waals surface area contributed by atoms with Crippen LogP contribution in [-0.2, 0) is 5.33 Å². The molecule has 0 aliphatic carbocycles. The SMILES string of the molecule is COc1nc(C(F)F)c(CBr)cc1C. The summed E-state index contributed by atoms with van der Waals surface area (Å²) in [5, 5.41) is 0.366. The summed E-state index contributed by atoms with van der Waals surface area (Å²) in [6.07, 6.45) is -2.57. The number of hydrogen-bond donors (Lipinski definition) is 0. The quantitative estimate of drug-likeness (QED) is 0.783. The van der Waals surface area contributed by atoms with Crippen molar-refractivity contribution in [2.45, 2.75) is 18.7 Å². The van der Waals surface area contributed by atoms with Crippen molar-refractivity contribution in [2.24, 2.45) is 0 Å². The molecule has 0 radical (unpaired) electrons. The van der Waals surface area contributed by atoms with Gasteiger partial charge >= 0.3 is 0 Å². The molecule has 0 aliphatic heterocycles. The molecule has 1 aromatic rings. The number of alkyl halides is 3. The molecule has 0 saturated carbocycles. The van der Waals surface area contributed by atoms with E-state index in [-0.39, 0.29) is 11.6 Å². The van der Waals surface area contributed by atoms with Crippen LogP contribution in [0.5, 0.6) is 5.88 Å². The van der Waals surface area contributed by atoms with Gasteiger partial charge in [-0.1, -0.05) is 15.9 Å². The number of pyridine rings is 1. The molecule has 0 unspecified atom stereocenters. The molecule has 0 bridgehead atoms. The number of rotatable bonds is 3. The molecule has 2 nitrogen and oxygen atoms in total. The lowest BCUT2D eigenvalue weighted by Crippen LogP contribution is -2.01. The molecule has 5 heteroatoms. The second-order valence-electron chi connectivity index (χ2n) is 2.79. The second-order valence-corrected chi connectivity index (χ2v) is 3.35. The van der Waals surface area contributed by atoms with Crippen molar-refractivity contribution in [3.63, 3.8) is 0 Å². The van der Waals surface area contributed by atoms with Gasteiger partial charge in [-0.05, 0) is 18.6 Å². The van der Waals surface area contributed by atoms with E-state index in [4.69, 9.17) is 4.74 Å². The van der Waals surface area contributed by atoms with Crippen LogP contribution in [-0.4, -0.2) is 12.1 Å². The number of halogens is 3. The molecule has 0 spiro atoms. The fraction of sp³-hybridized carbons (Fsp3) is 0.444. The topological polar surface area (TPSA) is 22.1 Å². The van der Waals surface area contributed by atoms with Crippen LogP contribution in [0.3, 0.4) is 0 Å². The van der Waals surface area contributed by atoms with Gasteiger partial charge in [-0.25, -0.2) is 13.8 Å². The van der Waals surface area contributed by atoms with Crippen molar-refractivity contribution in [1.82, 2.24) is 4.98 Å². The van der Waals surface area contributed by atoms with Crippen LogP contribution in [0.2, 0.25) is 0 Å². The third kappa shape index (κ3) is 2.20. The highest BCUT2D eigenvalue weighted by Gasteiger charge is 2.16. The number of nitrogens with zero attached hydrogens (tertiary/aromatic N) is 1. The summed E-state index contributed by atoms with van der Waals surface area (Å²) in [4.78, 5) is 3.76. The number of hydrogen-bond acceptors (Lipinski definition) is 2. The van der Waals surface area contributed by atoms with E-state index < -0.39 is 6.43 Å². The Morgan fingerprint density at radius 1 is 1.57 bits per heavy atom. The number of ether oxygens (including phenoxy) is 1. The van der Waals surface area contributed by atoms with Crippen molar-refractivity contribution in [3.05, 3.63) is 22.9 Å². The van der Waals surface area contributed by atoms with Crippen LogP contribution in [0, 0.1) is 6.92 Å². The van der Waals surface area contributed by atoms with E-state index in [1.165, 1.54) is 7.11 Å². The normalized spacial score (nSPS) is 10.7. The first-order chi connectivity index (χ1) is 6.60. The van der Waals surface area contributed by atoms with E-state index in [1.807, 2.05) is 0 Å². The summed E-state index contributed by atoms with van der Waals surface area (Å²) < 4.78 is 29.9. The standard InChI is InChI=1S/C9H10BrF2NO/c1-5-3-6(4-10)7(8(11)12)13-9(5)14-2/h3,8H,4H2,1-2H3. The Morgan fingerprint density at radius 2 is 2.21 bits per heavy atom. The fourth-order valence-corrected chi connectivity index (χ4v) is 1.62. The van der Waals surface area contributed by atoms with Crippen LogP contribution < -0.4 is 4.74 Å². The van der Waals surface area contributed by atoms with Gasteiger partial charge < -0.3 is 4.74 Å². The Morgan fingerprint density at radius 3 is 2.64 bits per heavy atom. The second kappa shape index (κ2) is 4.68. The van der Waals surface area contributed by atoms with Gasteiger partial charge in [0.15, 0.2) is 0 Å². The summed E-state index contributed by atoms with van der Waals surface area (Å²) in [6.45, 7) is 1.77.